The van der Waals surface area contributed by atoms with E-state index in [1.165, 1.54) is 25.4 Å². The number of ether oxygens (including phenoxy) is 2. The highest BCUT2D eigenvalue weighted by atomic mass is 19.1. The summed E-state index contributed by atoms with van der Waals surface area (Å²) in [4.78, 5) is 31.3. The first-order valence-electron chi connectivity index (χ1n) is 12.7. The van der Waals surface area contributed by atoms with Crippen LogP contribution in [0, 0.1) is 12.7 Å². The van der Waals surface area contributed by atoms with Gasteiger partial charge in [-0.2, -0.15) is 5.10 Å². The van der Waals surface area contributed by atoms with Crippen molar-refractivity contribution in [1.29, 1.82) is 0 Å². The van der Waals surface area contributed by atoms with Crippen LogP contribution >= 0.6 is 0 Å². The maximum atomic E-state index is 14.6. The Kier molecular flexibility index (Phi) is 6.57. The van der Waals surface area contributed by atoms with Gasteiger partial charge in [0.2, 0.25) is 5.91 Å². The fourth-order valence-corrected chi connectivity index (χ4v) is 4.66. The van der Waals surface area contributed by atoms with E-state index in [1.807, 2.05) is 26.8 Å². The average Bonchev–Trinajstić information content (AvgIpc) is 3.30. The Balaban J connectivity index is 1.79. The molecule has 0 spiro atoms. The number of hydrogen-bond acceptors (Lipinski definition) is 6. The first-order valence-corrected chi connectivity index (χ1v) is 12.7. The van der Waals surface area contributed by atoms with Gasteiger partial charge in [-0.05, 0) is 63.6 Å². The number of primary amides is 1. The first-order chi connectivity index (χ1) is 18.9. The van der Waals surface area contributed by atoms with Crippen LogP contribution in [0.1, 0.15) is 52.7 Å². The normalized spacial score (nSPS) is 12.3. The number of fused-ring (bicyclic) bond motifs is 3. The van der Waals surface area contributed by atoms with E-state index in [1.54, 1.807) is 47.9 Å². The number of aryl methyl sites for hydroxylation is 1. The lowest BCUT2D eigenvalue weighted by atomic mass is 9.95. The van der Waals surface area contributed by atoms with Crippen molar-refractivity contribution in [1.82, 2.24) is 19.7 Å². The molecule has 2 aromatic carbocycles. The first kappa shape index (κ1) is 26.9. The lowest BCUT2D eigenvalue weighted by molar-refractivity contribution is 0.0646. The van der Waals surface area contributed by atoms with Crippen molar-refractivity contribution in [2.24, 2.45) is 5.73 Å². The average molecular weight is 544 g/mol. The zero-order valence-corrected chi connectivity index (χ0v) is 23.2. The number of halogens is 1. The smallest absolute Gasteiger partial charge is 0.274 e. The minimum atomic E-state index is -0.609. The quantitative estimate of drug-likeness (QED) is 0.382. The Morgan fingerprint density at radius 2 is 1.85 bits per heavy atom. The number of carbonyl (C=O) groups is 2. The van der Waals surface area contributed by atoms with Crippen LogP contribution in [0.15, 0.2) is 48.8 Å². The number of nitrogens with two attached hydrogens (primary N) is 1. The Morgan fingerprint density at radius 1 is 1.10 bits per heavy atom. The van der Waals surface area contributed by atoms with Gasteiger partial charge < -0.3 is 20.1 Å². The summed E-state index contributed by atoms with van der Waals surface area (Å²) in [6, 6.07) is 9.81. The predicted octanol–water partition coefficient (Wildman–Crippen LogP) is 4.92. The van der Waals surface area contributed by atoms with Crippen LogP contribution in [0.4, 0.5) is 4.39 Å². The van der Waals surface area contributed by atoms with Gasteiger partial charge in [-0.15, -0.1) is 0 Å². The number of rotatable bonds is 5. The number of methoxy groups -OCH3 is 1. The minimum absolute atomic E-state index is 0.0803. The molecule has 2 aromatic heterocycles. The number of carbonyl (C=O) groups excluding carboxylic acids is 2. The largest absolute Gasteiger partial charge is 0.496 e. The molecule has 40 heavy (non-hydrogen) atoms. The van der Waals surface area contributed by atoms with E-state index in [4.69, 9.17) is 20.3 Å². The van der Waals surface area contributed by atoms with Gasteiger partial charge >= 0.3 is 0 Å². The second-order valence-corrected chi connectivity index (χ2v) is 10.8. The van der Waals surface area contributed by atoms with Gasteiger partial charge in [0.05, 0.1) is 24.1 Å². The molecule has 0 unspecified atom stereocenters. The molecule has 0 atom stereocenters. The third kappa shape index (κ3) is 4.66. The zero-order valence-electron chi connectivity index (χ0n) is 23.2. The van der Waals surface area contributed by atoms with Gasteiger partial charge in [0, 0.05) is 53.3 Å². The highest BCUT2D eigenvalue weighted by Gasteiger charge is 2.34. The number of benzene rings is 2. The highest BCUT2D eigenvalue weighted by molar-refractivity contribution is 5.98. The minimum Gasteiger partial charge on any atom is -0.496 e. The molecule has 0 bridgehead atoms. The van der Waals surface area contributed by atoms with Crippen molar-refractivity contribution in [3.8, 4) is 39.6 Å². The monoisotopic (exact) mass is 543 g/mol. The molecule has 206 valence electrons. The van der Waals surface area contributed by atoms with Gasteiger partial charge in [-0.25, -0.2) is 9.07 Å². The molecule has 3 heterocycles. The van der Waals surface area contributed by atoms with Gasteiger partial charge in [-0.1, -0.05) is 0 Å². The number of nitrogens with zero attached hydrogens (tertiary/aromatic N) is 4. The highest BCUT2D eigenvalue weighted by Crippen LogP contribution is 2.46. The molecule has 0 aliphatic carbocycles. The van der Waals surface area contributed by atoms with Crippen molar-refractivity contribution in [3.05, 3.63) is 77.0 Å². The standard InChI is InChI=1S/C30H30FN5O4/c1-16-7-19(31)10-20(8-16)36-27-22-11-21(17-9-18(28(32)37)14-33-13-17)24(39-6)12-25(22)40-15-23(27)26(34-36)29(38)35(5)30(2,3)4/h7-14H,15H2,1-6H3,(H2,32,37). The number of amides is 2. The number of aromatic nitrogens is 3. The summed E-state index contributed by atoms with van der Waals surface area (Å²) in [6.45, 7) is 7.67. The Bertz CT molecular complexity index is 1650. The summed E-state index contributed by atoms with van der Waals surface area (Å²) in [7, 11) is 3.25. The maximum Gasteiger partial charge on any atom is 0.274 e. The molecule has 2 N–H and O–H groups in total. The topological polar surface area (TPSA) is 113 Å². The van der Waals surface area contributed by atoms with E-state index in [0.717, 1.165) is 0 Å². The molecule has 0 fully saturated rings. The lowest BCUT2D eigenvalue weighted by Crippen LogP contribution is -2.43. The van der Waals surface area contributed by atoms with Gasteiger partial charge in [0.15, 0.2) is 5.69 Å². The SMILES string of the molecule is COc1cc2c(cc1-c1cncc(C(N)=O)c1)-c1c(c(C(=O)N(C)C(C)(C)C)nn1-c1cc(C)cc(F)c1)CO2. The van der Waals surface area contributed by atoms with E-state index in [-0.39, 0.29) is 23.8 Å². The van der Waals surface area contributed by atoms with Crippen molar-refractivity contribution < 1.29 is 23.5 Å². The number of pyridine rings is 1. The summed E-state index contributed by atoms with van der Waals surface area (Å²) >= 11 is 0. The van der Waals surface area contributed by atoms with Gasteiger partial charge in [-0.3, -0.25) is 14.6 Å². The molecule has 9 nitrogen and oxygen atoms in total. The van der Waals surface area contributed by atoms with Crippen LogP contribution in [0.3, 0.4) is 0 Å². The predicted molar refractivity (Wildman–Crippen MR) is 148 cm³/mol. The van der Waals surface area contributed by atoms with Gasteiger partial charge in [0.25, 0.3) is 5.91 Å². The molecule has 1 aliphatic heterocycles. The van der Waals surface area contributed by atoms with Crippen molar-refractivity contribution in [2.45, 2.75) is 39.8 Å². The van der Waals surface area contributed by atoms with Crippen LogP contribution in [-0.4, -0.2) is 51.2 Å². The van der Waals surface area contributed by atoms with E-state index in [0.29, 0.717) is 50.7 Å². The molecule has 0 saturated carbocycles. The molecule has 10 heteroatoms. The van der Waals surface area contributed by atoms with E-state index in [2.05, 4.69) is 4.98 Å². The number of hydrogen-bond donors (Lipinski definition) is 1. The molecule has 2 amide bonds. The zero-order chi connectivity index (χ0) is 28.9. The molecule has 0 saturated heterocycles. The second kappa shape index (κ2) is 9.78. The molecular formula is C30H30FN5O4. The molecule has 1 aliphatic rings. The van der Waals surface area contributed by atoms with E-state index >= 15 is 0 Å². The fourth-order valence-electron chi connectivity index (χ4n) is 4.66. The van der Waals surface area contributed by atoms with Crippen molar-refractivity contribution in [3.63, 3.8) is 0 Å². The molecule has 4 aromatic rings. The van der Waals surface area contributed by atoms with E-state index in [9.17, 15) is 14.0 Å². The Morgan fingerprint density at radius 3 is 2.50 bits per heavy atom. The van der Waals surface area contributed by atoms with Crippen molar-refractivity contribution >= 4 is 11.8 Å². The van der Waals surface area contributed by atoms with Crippen LogP contribution in [0.2, 0.25) is 0 Å². The summed E-state index contributed by atoms with van der Waals surface area (Å²) < 4.78 is 28.0. The molecular weight excluding hydrogens is 513 g/mol. The summed E-state index contributed by atoms with van der Waals surface area (Å²) in [5, 5.41) is 4.73. The second-order valence-electron chi connectivity index (χ2n) is 10.8. The van der Waals surface area contributed by atoms with Crippen LogP contribution in [-0.2, 0) is 6.61 Å². The summed E-state index contributed by atoms with van der Waals surface area (Å²) in [5.74, 6) is -0.320. The third-order valence-corrected chi connectivity index (χ3v) is 7.03. The fraction of sp³-hybridized carbons (Fsp3) is 0.267. The molecule has 0 radical (unpaired) electrons. The lowest BCUT2D eigenvalue weighted by Gasteiger charge is -2.31. The molecule has 5 rings (SSSR count). The Labute approximate surface area is 231 Å². The van der Waals surface area contributed by atoms with Crippen molar-refractivity contribution in [2.75, 3.05) is 14.2 Å². The summed E-state index contributed by atoms with van der Waals surface area (Å²) in [6.07, 6.45) is 2.99. The Hall–Kier alpha value is -4.73. The van der Waals surface area contributed by atoms with Crippen LogP contribution < -0.4 is 15.2 Å². The van der Waals surface area contributed by atoms with Crippen LogP contribution in [0.25, 0.3) is 28.1 Å². The summed E-state index contributed by atoms with van der Waals surface area (Å²) in [5.41, 5.74) is 9.67. The van der Waals surface area contributed by atoms with Gasteiger partial charge in [0.1, 0.15) is 23.9 Å². The van der Waals surface area contributed by atoms with Crippen LogP contribution in [0.5, 0.6) is 11.5 Å². The third-order valence-electron chi connectivity index (χ3n) is 7.03. The van der Waals surface area contributed by atoms with E-state index < -0.39 is 17.3 Å². The maximum absolute atomic E-state index is 14.6.